The Bertz CT molecular complexity index is 1490. The van der Waals surface area contributed by atoms with Gasteiger partial charge in [-0.1, -0.05) is 29.3 Å². The molecule has 0 radical (unpaired) electrons. The molecule has 5 aromatic rings. The van der Waals surface area contributed by atoms with E-state index in [0.717, 1.165) is 31.8 Å². The predicted octanol–water partition coefficient (Wildman–Crippen LogP) is 5.14. The summed E-state index contributed by atoms with van der Waals surface area (Å²) in [5.41, 5.74) is 2.99. The van der Waals surface area contributed by atoms with Crippen LogP contribution in [0.4, 0.5) is 0 Å². The van der Waals surface area contributed by atoms with Crippen LogP contribution in [0.1, 0.15) is 16.0 Å². The molecule has 0 aliphatic heterocycles. The fourth-order valence-corrected chi connectivity index (χ4v) is 5.07. The van der Waals surface area contributed by atoms with Crippen LogP contribution in [0.15, 0.2) is 47.5 Å². The number of hydrogen-bond donors (Lipinski definition) is 0. The number of rotatable bonds is 3. The van der Waals surface area contributed by atoms with Gasteiger partial charge >= 0.3 is 5.69 Å². The third-order valence-corrected chi connectivity index (χ3v) is 6.95. The maximum atomic E-state index is 13.4. The molecule has 30 heavy (non-hydrogen) atoms. The van der Waals surface area contributed by atoms with Crippen molar-refractivity contribution in [3.05, 3.63) is 79.3 Å². The van der Waals surface area contributed by atoms with Gasteiger partial charge in [-0.2, -0.15) is 4.52 Å². The summed E-state index contributed by atoms with van der Waals surface area (Å²) in [5.74, 6) is 0.487. The largest absolute Gasteiger partial charge is 0.352 e. The van der Waals surface area contributed by atoms with Crippen molar-refractivity contribution in [3.8, 4) is 11.4 Å². The summed E-state index contributed by atoms with van der Waals surface area (Å²) in [5, 5.41) is 6.51. The van der Waals surface area contributed by atoms with Crippen LogP contribution in [0.2, 0.25) is 10.0 Å². The molecule has 0 saturated carbocycles. The lowest BCUT2D eigenvalue weighted by Crippen LogP contribution is -2.28. The Morgan fingerprint density at radius 3 is 2.60 bits per heavy atom. The number of pyridine rings is 1. The molecule has 0 amide bonds. The first-order chi connectivity index (χ1) is 14.4. The van der Waals surface area contributed by atoms with E-state index in [-0.39, 0.29) is 5.69 Å². The quantitative estimate of drug-likeness (QED) is 0.377. The molecule has 1 aromatic carbocycles. The van der Waals surface area contributed by atoms with Crippen LogP contribution in [-0.2, 0) is 6.54 Å². The number of fused-ring (bicyclic) bond motifs is 3. The third kappa shape index (κ3) is 3.01. The van der Waals surface area contributed by atoms with E-state index in [2.05, 4.69) is 10.1 Å². The number of thiophene rings is 1. The second kappa shape index (κ2) is 7.19. The minimum atomic E-state index is -0.266. The van der Waals surface area contributed by atoms with E-state index in [1.807, 2.05) is 32.0 Å². The van der Waals surface area contributed by atoms with Crippen LogP contribution in [0.3, 0.4) is 0 Å². The zero-order chi connectivity index (χ0) is 21.0. The van der Waals surface area contributed by atoms with Gasteiger partial charge in [0.25, 0.3) is 0 Å². The van der Waals surface area contributed by atoms with E-state index >= 15 is 0 Å². The third-order valence-electron chi connectivity index (χ3n) is 5.14. The molecule has 9 heteroatoms. The molecule has 0 spiro atoms. The first-order valence-electron chi connectivity index (χ1n) is 9.17. The molecule has 6 nitrogen and oxygen atoms in total. The van der Waals surface area contributed by atoms with Gasteiger partial charge in [-0.3, -0.25) is 9.55 Å². The highest BCUT2D eigenvalue weighted by Gasteiger charge is 2.21. The molecule has 0 saturated heterocycles. The molecule has 4 heterocycles. The van der Waals surface area contributed by atoms with Gasteiger partial charge in [0.2, 0.25) is 0 Å². The van der Waals surface area contributed by atoms with Crippen molar-refractivity contribution >= 4 is 50.4 Å². The normalized spacial score (nSPS) is 11.6. The first kappa shape index (κ1) is 19.2. The van der Waals surface area contributed by atoms with Gasteiger partial charge in [0.05, 0.1) is 11.9 Å². The van der Waals surface area contributed by atoms with Crippen LogP contribution in [0.25, 0.3) is 27.3 Å². The summed E-state index contributed by atoms with van der Waals surface area (Å²) in [4.78, 5) is 24.1. The van der Waals surface area contributed by atoms with Crippen molar-refractivity contribution < 1.29 is 0 Å². The minimum Gasteiger partial charge on any atom is -0.278 e. The molecule has 0 bridgehead atoms. The van der Waals surface area contributed by atoms with E-state index in [0.29, 0.717) is 28.1 Å². The van der Waals surface area contributed by atoms with E-state index in [4.69, 9.17) is 28.2 Å². The smallest absolute Gasteiger partial charge is 0.278 e. The molecule has 0 atom stereocenters. The van der Waals surface area contributed by atoms with E-state index in [1.54, 1.807) is 40.4 Å². The minimum absolute atomic E-state index is 0.266. The van der Waals surface area contributed by atoms with Crippen molar-refractivity contribution in [1.29, 1.82) is 0 Å². The molecular weight excluding hydrogens is 441 g/mol. The lowest BCUT2D eigenvalue weighted by molar-refractivity contribution is 0.720. The van der Waals surface area contributed by atoms with Gasteiger partial charge in [-0.25, -0.2) is 9.78 Å². The molecule has 150 valence electrons. The summed E-state index contributed by atoms with van der Waals surface area (Å²) in [6.45, 7) is 4.39. The first-order valence-corrected chi connectivity index (χ1v) is 10.7. The number of halogens is 2. The van der Waals surface area contributed by atoms with Gasteiger partial charge in [-0.05, 0) is 49.2 Å². The number of aryl methyl sites for hydroxylation is 2. The summed E-state index contributed by atoms with van der Waals surface area (Å²) < 4.78 is 3.08. The number of benzene rings is 1. The average molecular weight is 456 g/mol. The Morgan fingerprint density at radius 1 is 1.10 bits per heavy atom. The van der Waals surface area contributed by atoms with Crippen molar-refractivity contribution in [1.82, 2.24) is 24.1 Å². The highest BCUT2D eigenvalue weighted by Crippen LogP contribution is 2.33. The van der Waals surface area contributed by atoms with Crippen molar-refractivity contribution in [2.45, 2.75) is 20.4 Å². The highest BCUT2D eigenvalue weighted by molar-refractivity contribution is 7.19. The van der Waals surface area contributed by atoms with Crippen LogP contribution >= 0.6 is 34.5 Å². The molecule has 5 rings (SSSR count). The van der Waals surface area contributed by atoms with Gasteiger partial charge in [-0.15, -0.1) is 16.4 Å². The Morgan fingerprint density at radius 2 is 1.87 bits per heavy atom. The van der Waals surface area contributed by atoms with Crippen molar-refractivity contribution in [2.24, 2.45) is 0 Å². The topological polar surface area (TPSA) is 65.1 Å². The summed E-state index contributed by atoms with van der Waals surface area (Å²) >= 11 is 14.0. The standard InChI is InChI=1S/C21H15Cl2N5OS/c1-11-12(2)30-20-17(11)19-25-18(13-5-7-24-8-6-13)26-28(19)21(29)27(20)10-14-3-4-15(22)9-16(14)23/h3-9H,10H2,1-2H3. The van der Waals surface area contributed by atoms with E-state index < -0.39 is 0 Å². The highest BCUT2D eigenvalue weighted by atomic mass is 35.5. The van der Waals surface area contributed by atoms with Crippen LogP contribution < -0.4 is 5.69 Å². The predicted molar refractivity (Wildman–Crippen MR) is 121 cm³/mol. The Labute approximate surface area is 185 Å². The molecular formula is C21H15Cl2N5OS. The zero-order valence-corrected chi connectivity index (χ0v) is 18.4. The van der Waals surface area contributed by atoms with Gasteiger partial charge in [0.15, 0.2) is 11.5 Å². The molecule has 0 fully saturated rings. The Hall–Kier alpha value is -2.74. The molecule has 0 aliphatic rings. The molecule has 0 unspecified atom stereocenters. The lowest BCUT2D eigenvalue weighted by Gasteiger charge is -2.10. The number of aromatic nitrogens is 5. The SMILES string of the molecule is Cc1sc2c(c1C)c1nc(-c3ccncc3)nn1c(=O)n2Cc1ccc(Cl)cc1Cl. The number of hydrogen-bond acceptors (Lipinski definition) is 5. The van der Waals surface area contributed by atoms with Crippen molar-refractivity contribution in [3.63, 3.8) is 0 Å². The Balaban J connectivity index is 1.81. The lowest BCUT2D eigenvalue weighted by atomic mass is 10.2. The molecule has 4 aromatic heterocycles. The number of nitrogens with zero attached hydrogens (tertiary/aromatic N) is 5. The van der Waals surface area contributed by atoms with Crippen molar-refractivity contribution in [2.75, 3.05) is 0 Å². The second-order valence-corrected chi connectivity index (χ2v) is 9.02. The van der Waals surface area contributed by atoms with Crippen LogP contribution in [0.5, 0.6) is 0 Å². The summed E-state index contributed by atoms with van der Waals surface area (Å²) in [6, 6.07) is 8.93. The maximum Gasteiger partial charge on any atom is 0.352 e. The average Bonchev–Trinajstić information content (AvgIpc) is 3.29. The van der Waals surface area contributed by atoms with E-state index in [1.165, 1.54) is 4.52 Å². The van der Waals surface area contributed by atoms with E-state index in [9.17, 15) is 4.79 Å². The van der Waals surface area contributed by atoms with Gasteiger partial charge < -0.3 is 0 Å². The van der Waals surface area contributed by atoms with Gasteiger partial charge in [0, 0.05) is 32.9 Å². The zero-order valence-electron chi connectivity index (χ0n) is 16.1. The summed E-state index contributed by atoms with van der Waals surface area (Å²) in [6.07, 6.45) is 3.36. The monoisotopic (exact) mass is 455 g/mol. The van der Waals surface area contributed by atoms with Crippen LogP contribution in [0, 0.1) is 13.8 Å². The Kier molecular flexibility index (Phi) is 4.61. The summed E-state index contributed by atoms with van der Waals surface area (Å²) in [7, 11) is 0. The maximum absolute atomic E-state index is 13.4. The fraction of sp³-hybridized carbons (Fsp3) is 0.143. The fourth-order valence-electron chi connectivity index (χ4n) is 3.45. The molecule has 0 aliphatic carbocycles. The van der Waals surface area contributed by atoms with Gasteiger partial charge in [0.1, 0.15) is 4.83 Å². The van der Waals surface area contributed by atoms with Crippen LogP contribution in [-0.4, -0.2) is 24.1 Å². The second-order valence-electron chi connectivity index (χ2n) is 6.97. The molecule has 0 N–H and O–H groups in total.